The minimum atomic E-state index is -1.21. The van der Waals surface area contributed by atoms with Crippen molar-refractivity contribution in [3.63, 3.8) is 0 Å². The molecule has 2 aliphatic heterocycles. The molecule has 2 N–H and O–H groups in total. The number of hydrogen-bond acceptors (Lipinski definition) is 5. The highest BCUT2D eigenvalue weighted by molar-refractivity contribution is 5.85. The zero-order chi connectivity index (χ0) is 18.0. The number of carbonyl (C=O) groups is 1. The summed E-state index contributed by atoms with van der Waals surface area (Å²) in [5.41, 5.74) is 0.377. The molecule has 0 spiro atoms. The van der Waals surface area contributed by atoms with Crippen LogP contribution in [-0.4, -0.2) is 40.8 Å². The maximum absolute atomic E-state index is 11.5. The van der Waals surface area contributed by atoms with E-state index in [0.717, 1.165) is 25.7 Å². The van der Waals surface area contributed by atoms with Crippen LogP contribution in [0.1, 0.15) is 59.3 Å². The van der Waals surface area contributed by atoms with Crippen LogP contribution < -0.4 is 0 Å². The van der Waals surface area contributed by atoms with Crippen molar-refractivity contribution in [2.75, 3.05) is 6.61 Å². The van der Waals surface area contributed by atoms with Crippen molar-refractivity contribution in [1.82, 2.24) is 0 Å². The molecular formula is C20H30O5. The van der Waals surface area contributed by atoms with Gasteiger partial charge in [0.2, 0.25) is 6.29 Å². The van der Waals surface area contributed by atoms with Gasteiger partial charge in [0.05, 0.1) is 18.3 Å². The minimum Gasteiger partial charge on any atom is -0.429 e. The largest absolute Gasteiger partial charge is 0.429 e. The van der Waals surface area contributed by atoms with Crippen molar-refractivity contribution in [2.24, 2.45) is 22.7 Å². The average Bonchev–Trinajstić information content (AvgIpc) is 3.07. The van der Waals surface area contributed by atoms with Gasteiger partial charge >= 0.3 is 5.97 Å². The van der Waals surface area contributed by atoms with Gasteiger partial charge < -0.3 is 19.7 Å². The van der Waals surface area contributed by atoms with Crippen molar-refractivity contribution in [1.29, 1.82) is 0 Å². The Hall–Kier alpha value is -0.910. The molecule has 0 radical (unpaired) electrons. The fourth-order valence-electron chi connectivity index (χ4n) is 6.74. The fourth-order valence-corrected chi connectivity index (χ4v) is 6.74. The zero-order valence-corrected chi connectivity index (χ0v) is 15.5. The van der Waals surface area contributed by atoms with Crippen LogP contribution in [0.15, 0.2) is 11.6 Å². The Morgan fingerprint density at radius 3 is 2.60 bits per heavy atom. The molecule has 2 unspecified atom stereocenters. The molecule has 5 heteroatoms. The Kier molecular flexibility index (Phi) is 3.88. The normalized spacial score (nSPS) is 48.5. The molecule has 0 amide bonds. The summed E-state index contributed by atoms with van der Waals surface area (Å²) in [6, 6.07) is 0. The molecule has 2 aliphatic carbocycles. The van der Waals surface area contributed by atoms with Crippen molar-refractivity contribution in [3.05, 3.63) is 11.6 Å². The summed E-state index contributed by atoms with van der Waals surface area (Å²) in [4.78, 5) is 11.5. The van der Waals surface area contributed by atoms with Crippen LogP contribution in [0.3, 0.4) is 0 Å². The van der Waals surface area contributed by atoms with Crippen LogP contribution in [0.4, 0.5) is 0 Å². The molecule has 2 saturated carbocycles. The van der Waals surface area contributed by atoms with Gasteiger partial charge in [0.25, 0.3) is 0 Å². The molecule has 4 aliphatic rings. The van der Waals surface area contributed by atoms with Crippen LogP contribution in [0.5, 0.6) is 0 Å². The van der Waals surface area contributed by atoms with Crippen LogP contribution in [-0.2, 0) is 14.3 Å². The lowest BCUT2D eigenvalue weighted by Gasteiger charge is -2.60. The second-order valence-corrected chi connectivity index (χ2v) is 9.49. The van der Waals surface area contributed by atoms with Crippen molar-refractivity contribution < 1.29 is 24.5 Å². The van der Waals surface area contributed by atoms with E-state index < -0.39 is 17.9 Å². The summed E-state index contributed by atoms with van der Waals surface area (Å²) in [5.74, 6) is 0.333. The molecule has 0 aromatic heterocycles. The summed E-state index contributed by atoms with van der Waals surface area (Å²) in [6.07, 6.45) is 6.06. The second-order valence-electron chi connectivity index (χ2n) is 9.49. The minimum absolute atomic E-state index is 0.00488. The first-order valence-corrected chi connectivity index (χ1v) is 9.61. The molecule has 6 atom stereocenters. The summed E-state index contributed by atoms with van der Waals surface area (Å²) in [5, 5.41) is 20.3. The third-order valence-electron chi connectivity index (χ3n) is 7.83. The Morgan fingerprint density at radius 1 is 1.20 bits per heavy atom. The SMILES string of the molecule is CC1(C)CCC[C@@]2(C)C1CC[C@@]1(CO)O[C@H](C3=CC(=O)OC3O)C[C@H]12. The second kappa shape index (κ2) is 5.54. The lowest BCUT2D eigenvalue weighted by Crippen LogP contribution is -2.58. The predicted molar refractivity (Wildman–Crippen MR) is 91.4 cm³/mol. The summed E-state index contributed by atoms with van der Waals surface area (Å²) < 4.78 is 11.2. The highest BCUT2D eigenvalue weighted by Gasteiger charge is 2.64. The molecule has 140 valence electrons. The number of aliphatic hydroxyl groups excluding tert-OH is 2. The number of fused-ring (bicyclic) bond motifs is 3. The van der Waals surface area contributed by atoms with E-state index in [0.29, 0.717) is 16.9 Å². The molecule has 0 aromatic rings. The lowest BCUT2D eigenvalue weighted by molar-refractivity contribution is -0.178. The van der Waals surface area contributed by atoms with Crippen LogP contribution in [0.2, 0.25) is 0 Å². The van der Waals surface area contributed by atoms with E-state index in [9.17, 15) is 15.0 Å². The predicted octanol–water partition coefficient (Wildman–Crippen LogP) is 2.55. The first kappa shape index (κ1) is 17.5. The molecule has 0 aromatic carbocycles. The average molecular weight is 350 g/mol. The van der Waals surface area contributed by atoms with Crippen molar-refractivity contribution >= 4 is 5.97 Å². The van der Waals surface area contributed by atoms with E-state index in [-0.39, 0.29) is 24.0 Å². The smallest absolute Gasteiger partial charge is 0.333 e. The third-order valence-corrected chi connectivity index (χ3v) is 7.83. The van der Waals surface area contributed by atoms with Gasteiger partial charge in [0.1, 0.15) is 0 Å². The number of hydrogen-bond donors (Lipinski definition) is 2. The topological polar surface area (TPSA) is 76.0 Å². The molecule has 4 rings (SSSR count). The van der Waals surface area contributed by atoms with Crippen molar-refractivity contribution in [2.45, 2.75) is 77.3 Å². The van der Waals surface area contributed by atoms with E-state index in [4.69, 9.17) is 9.47 Å². The molecule has 5 nitrogen and oxygen atoms in total. The summed E-state index contributed by atoms with van der Waals surface area (Å²) >= 11 is 0. The lowest BCUT2D eigenvalue weighted by atomic mass is 9.45. The zero-order valence-electron chi connectivity index (χ0n) is 15.5. The number of ether oxygens (including phenoxy) is 2. The van der Waals surface area contributed by atoms with Gasteiger partial charge in [-0.1, -0.05) is 27.2 Å². The third kappa shape index (κ3) is 2.42. The summed E-state index contributed by atoms with van der Waals surface area (Å²) in [6.45, 7) is 7.13. The van der Waals surface area contributed by atoms with Crippen LogP contribution in [0.25, 0.3) is 0 Å². The molecule has 2 heterocycles. The molecule has 1 saturated heterocycles. The highest BCUT2D eigenvalue weighted by atomic mass is 16.6. The van der Waals surface area contributed by atoms with E-state index in [1.165, 1.54) is 18.9 Å². The van der Waals surface area contributed by atoms with Crippen LogP contribution >= 0.6 is 0 Å². The van der Waals surface area contributed by atoms with Gasteiger partial charge in [-0.25, -0.2) is 4.79 Å². The van der Waals surface area contributed by atoms with Gasteiger partial charge in [0, 0.05) is 11.6 Å². The highest BCUT2D eigenvalue weighted by Crippen LogP contribution is 2.66. The van der Waals surface area contributed by atoms with Gasteiger partial charge in [0.15, 0.2) is 0 Å². The quantitative estimate of drug-likeness (QED) is 0.749. The molecule has 3 fully saturated rings. The maximum Gasteiger partial charge on any atom is 0.333 e. The number of rotatable bonds is 2. The van der Waals surface area contributed by atoms with Gasteiger partial charge in [-0.05, 0) is 54.8 Å². The Balaban J connectivity index is 1.68. The van der Waals surface area contributed by atoms with E-state index in [1.54, 1.807) is 0 Å². The van der Waals surface area contributed by atoms with Crippen molar-refractivity contribution in [3.8, 4) is 0 Å². The first-order valence-electron chi connectivity index (χ1n) is 9.61. The van der Waals surface area contributed by atoms with Gasteiger partial charge in [-0.2, -0.15) is 0 Å². The summed E-state index contributed by atoms with van der Waals surface area (Å²) in [7, 11) is 0. The van der Waals surface area contributed by atoms with Gasteiger partial charge in [-0.3, -0.25) is 0 Å². The first-order chi connectivity index (χ1) is 11.7. The molecular weight excluding hydrogens is 320 g/mol. The number of esters is 1. The van der Waals surface area contributed by atoms with E-state index >= 15 is 0 Å². The molecule has 0 bridgehead atoms. The van der Waals surface area contributed by atoms with E-state index in [1.807, 2.05) is 0 Å². The number of carbonyl (C=O) groups excluding carboxylic acids is 1. The number of aliphatic hydroxyl groups is 2. The van der Waals surface area contributed by atoms with Crippen LogP contribution in [0, 0.1) is 22.7 Å². The molecule has 25 heavy (non-hydrogen) atoms. The maximum atomic E-state index is 11.5. The van der Waals surface area contributed by atoms with E-state index in [2.05, 4.69) is 20.8 Å². The van der Waals surface area contributed by atoms with Gasteiger partial charge in [-0.15, -0.1) is 0 Å². The monoisotopic (exact) mass is 350 g/mol. The number of cyclic esters (lactones) is 1. The Bertz CT molecular complexity index is 611. The fraction of sp³-hybridized carbons (Fsp3) is 0.850. The standard InChI is InChI=1S/C20H30O5/c1-18(2)6-4-7-19(3)14(18)5-8-20(11-21)15(19)10-13(25-20)12-9-16(22)24-17(12)23/h9,13-15,17,21,23H,4-8,10-11H2,1-3H3/t13-,14?,15-,17?,19-,20-/m0/s1. The Morgan fingerprint density at radius 2 is 1.96 bits per heavy atom. The Labute approximate surface area is 149 Å².